The van der Waals surface area contributed by atoms with Gasteiger partial charge >= 0.3 is 11.8 Å². The molecule has 0 radical (unpaired) electrons. The van der Waals surface area contributed by atoms with Crippen molar-refractivity contribution in [1.29, 1.82) is 0 Å². The summed E-state index contributed by atoms with van der Waals surface area (Å²) in [5.74, 6) is -0.234. The van der Waals surface area contributed by atoms with E-state index in [4.69, 9.17) is 4.74 Å². The van der Waals surface area contributed by atoms with Crippen molar-refractivity contribution in [3.05, 3.63) is 53.6 Å². The molecule has 0 bridgehead atoms. The second kappa shape index (κ2) is 8.78. The molecule has 1 N–H and O–H groups in total. The van der Waals surface area contributed by atoms with Crippen molar-refractivity contribution in [2.75, 3.05) is 43.5 Å². The molecule has 0 unspecified atom stereocenters. The number of nitrogens with zero attached hydrogens (tertiary/aromatic N) is 2. The SMILES string of the molecule is COc1ccc(N2CCCN(C(=O)C(=O)Nc3cc(C)ccc3C)CC2)cc1. The van der Waals surface area contributed by atoms with Crippen molar-refractivity contribution >= 4 is 23.2 Å². The Labute approximate surface area is 166 Å². The highest BCUT2D eigenvalue weighted by molar-refractivity contribution is 6.39. The highest BCUT2D eigenvalue weighted by atomic mass is 16.5. The Kier molecular flexibility index (Phi) is 6.19. The number of amides is 2. The number of hydrogen-bond donors (Lipinski definition) is 1. The first-order chi connectivity index (χ1) is 13.5. The van der Waals surface area contributed by atoms with Gasteiger partial charge in [-0.1, -0.05) is 12.1 Å². The van der Waals surface area contributed by atoms with E-state index in [2.05, 4.69) is 10.2 Å². The van der Waals surface area contributed by atoms with Gasteiger partial charge in [-0.25, -0.2) is 0 Å². The highest BCUT2D eigenvalue weighted by Crippen LogP contribution is 2.21. The van der Waals surface area contributed by atoms with Crippen molar-refractivity contribution in [2.24, 2.45) is 0 Å². The van der Waals surface area contributed by atoms with E-state index < -0.39 is 11.8 Å². The minimum absolute atomic E-state index is 0.475. The van der Waals surface area contributed by atoms with Crippen LogP contribution in [0.5, 0.6) is 5.75 Å². The van der Waals surface area contributed by atoms with Gasteiger partial charge in [0.1, 0.15) is 5.75 Å². The molecule has 1 fully saturated rings. The summed E-state index contributed by atoms with van der Waals surface area (Å²) in [4.78, 5) is 29.0. The van der Waals surface area contributed by atoms with Crippen LogP contribution in [0.3, 0.4) is 0 Å². The molecule has 1 aliphatic rings. The standard InChI is InChI=1S/C22H27N3O3/c1-16-5-6-17(2)20(15-16)23-21(26)22(27)25-12-4-11-24(13-14-25)18-7-9-19(28-3)10-8-18/h5-10,15H,4,11-14H2,1-3H3,(H,23,26). The molecule has 0 aliphatic carbocycles. The number of carbonyl (C=O) groups is 2. The third kappa shape index (κ3) is 4.63. The van der Waals surface area contributed by atoms with Crippen LogP contribution in [0, 0.1) is 13.8 Å². The second-order valence-corrected chi connectivity index (χ2v) is 7.10. The average Bonchev–Trinajstić information content (AvgIpc) is 2.96. The molecule has 1 saturated heterocycles. The Morgan fingerprint density at radius 1 is 0.964 bits per heavy atom. The Balaban J connectivity index is 1.61. The molecule has 0 spiro atoms. The summed E-state index contributed by atoms with van der Waals surface area (Å²) >= 11 is 0. The Hall–Kier alpha value is -3.02. The van der Waals surface area contributed by atoms with Gasteiger partial charge in [0, 0.05) is 37.6 Å². The molecule has 1 aliphatic heterocycles. The summed E-state index contributed by atoms with van der Waals surface area (Å²) in [5, 5.41) is 2.77. The van der Waals surface area contributed by atoms with Gasteiger partial charge in [0.15, 0.2) is 0 Å². The topological polar surface area (TPSA) is 61.9 Å². The lowest BCUT2D eigenvalue weighted by Crippen LogP contribution is -2.42. The fraction of sp³-hybridized carbons (Fsp3) is 0.364. The van der Waals surface area contributed by atoms with Crippen LogP contribution in [0.1, 0.15) is 17.5 Å². The maximum atomic E-state index is 12.7. The molecule has 2 amide bonds. The highest BCUT2D eigenvalue weighted by Gasteiger charge is 2.25. The average molecular weight is 381 g/mol. The largest absolute Gasteiger partial charge is 0.497 e. The second-order valence-electron chi connectivity index (χ2n) is 7.10. The number of benzene rings is 2. The molecule has 6 heteroatoms. The van der Waals surface area contributed by atoms with Crippen LogP contribution in [-0.2, 0) is 9.59 Å². The van der Waals surface area contributed by atoms with Crippen LogP contribution in [0.25, 0.3) is 0 Å². The molecule has 148 valence electrons. The zero-order valence-corrected chi connectivity index (χ0v) is 16.7. The number of nitrogens with one attached hydrogen (secondary N) is 1. The van der Waals surface area contributed by atoms with E-state index in [-0.39, 0.29) is 0 Å². The van der Waals surface area contributed by atoms with Crippen LogP contribution < -0.4 is 15.0 Å². The van der Waals surface area contributed by atoms with E-state index in [1.807, 2.05) is 56.3 Å². The van der Waals surface area contributed by atoms with Crippen molar-refractivity contribution in [3.8, 4) is 5.75 Å². The number of ether oxygens (including phenoxy) is 1. The van der Waals surface area contributed by atoms with Crippen molar-refractivity contribution in [2.45, 2.75) is 20.3 Å². The van der Waals surface area contributed by atoms with Crippen molar-refractivity contribution < 1.29 is 14.3 Å². The Morgan fingerprint density at radius 2 is 1.71 bits per heavy atom. The number of methoxy groups -OCH3 is 1. The van der Waals surface area contributed by atoms with Crippen molar-refractivity contribution in [3.63, 3.8) is 0 Å². The molecular formula is C22H27N3O3. The van der Waals surface area contributed by atoms with Gasteiger partial charge in [0.2, 0.25) is 0 Å². The summed E-state index contributed by atoms with van der Waals surface area (Å²) in [6.45, 7) is 6.50. The lowest BCUT2D eigenvalue weighted by molar-refractivity contribution is -0.143. The van der Waals surface area contributed by atoms with E-state index >= 15 is 0 Å². The number of anilines is 2. The molecule has 2 aromatic carbocycles. The molecule has 6 nitrogen and oxygen atoms in total. The predicted molar refractivity (Wildman–Crippen MR) is 111 cm³/mol. The fourth-order valence-corrected chi connectivity index (χ4v) is 3.36. The first-order valence-electron chi connectivity index (χ1n) is 9.54. The predicted octanol–water partition coefficient (Wildman–Crippen LogP) is 2.99. The zero-order valence-electron chi connectivity index (χ0n) is 16.7. The summed E-state index contributed by atoms with van der Waals surface area (Å²) in [6.07, 6.45) is 0.814. The van der Waals surface area contributed by atoms with E-state index in [0.717, 1.165) is 35.5 Å². The van der Waals surface area contributed by atoms with Crippen LogP contribution >= 0.6 is 0 Å². The van der Waals surface area contributed by atoms with Gasteiger partial charge in [0.05, 0.1) is 7.11 Å². The number of rotatable bonds is 3. The molecule has 0 atom stereocenters. The quantitative estimate of drug-likeness (QED) is 0.831. The van der Waals surface area contributed by atoms with E-state index in [1.165, 1.54) is 0 Å². The summed E-state index contributed by atoms with van der Waals surface area (Å²) in [6, 6.07) is 13.7. The number of aryl methyl sites for hydroxylation is 2. The minimum Gasteiger partial charge on any atom is -0.497 e. The number of carbonyl (C=O) groups excluding carboxylic acids is 2. The van der Waals surface area contributed by atoms with Crippen LogP contribution in [0.15, 0.2) is 42.5 Å². The van der Waals surface area contributed by atoms with Gasteiger partial charge < -0.3 is 19.9 Å². The summed E-state index contributed by atoms with van der Waals surface area (Å²) in [5.41, 5.74) is 3.76. The minimum atomic E-state index is -0.577. The number of hydrogen-bond acceptors (Lipinski definition) is 4. The maximum Gasteiger partial charge on any atom is 0.313 e. The molecule has 28 heavy (non-hydrogen) atoms. The fourth-order valence-electron chi connectivity index (χ4n) is 3.36. The first kappa shape index (κ1) is 19.7. The van der Waals surface area contributed by atoms with E-state index in [1.54, 1.807) is 12.0 Å². The molecule has 1 heterocycles. The molecule has 0 aromatic heterocycles. The van der Waals surface area contributed by atoms with Gasteiger partial charge in [-0.05, 0) is 61.7 Å². The van der Waals surface area contributed by atoms with Gasteiger partial charge in [0.25, 0.3) is 0 Å². The van der Waals surface area contributed by atoms with Crippen molar-refractivity contribution in [1.82, 2.24) is 4.90 Å². The van der Waals surface area contributed by atoms with Gasteiger partial charge in [-0.2, -0.15) is 0 Å². The molecule has 2 aromatic rings. The van der Waals surface area contributed by atoms with Crippen LogP contribution in [0.4, 0.5) is 11.4 Å². The van der Waals surface area contributed by atoms with E-state index in [9.17, 15) is 9.59 Å². The normalized spacial score (nSPS) is 14.4. The lowest BCUT2D eigenvalue weighted by Gasteiger charge is -2.23. The smallest absolute Gasteiger partial charge is 0.313 e. The first-order valence-corrected chi connectivity index (χ1v) is 9.54. The van der Waals surface area contributed by atoms with Gasteiger partial charge in [-0.15, -0.1) is 0 Å². The van der Waals surface area contributed by atoms with E-state index in [0.29, 0.717) is 25.3 Å². The summed E-state index contributed by atoms with van der Waals surface area (Å²) in [7, 11) is 1.65. The van der Waals surface area contributed by atoms with Crippen LogP contribution in [0.2, 0.25) is 0 Å². The third-order valence-electron chi connectivity index (χ3n) is 5.06. The molecular weight excluding hydrogens is 354 g/mol. The summed E-state index contributed by atoms with van der Waals surface area (Å²) < 4.78 is 5.20. The monoisotopic (exact) mass is 381 g/mol. The Morgan fingerprint density at radius 3 is 2.43 bits per heavy atom. The zero-order chi connectivity index (χ0) is 20.1. The third-order valence-corrected chi connectivity index (χ3v) is 5.06. The maximum absolute atomic E-state index is 12.7. The van der Waals surface area contributed by atoms with Crippen LogP contribution in [-0.4, -0.2) is 50.0 Å². The Bertz CT molecular complexity index is 849. The molecule has 3 rings (SSSR count). The van der Waals surface area contributed by atoms with Gasteiger partial charge in [-0.3, -0.25) is 9.59 Å². The molecule has 0 saturated carbocycles. The lowest BCUT2D eigenvalue weighted by atomic mass is 10.1.